The quantitative estimate of drug-likeness (QED) is 0.348. The summed E-state index contributed by atoms with van der Waals surface area (Å²) in [5.41, 5.74) is 0.487. The molecule has 2 aromatic heterocycles. The van der Waals surface area contributed by atoms with Crippen LogP contribution in [0.4, 0.5) is 0 Å². The predicted molar refractivity (Wildman–Crippen MR) is 113 cm³/mol. The lowest BCUT2D eigenvalue weighted by molar-refractivity contribution is -0.118. The van der Waals surface area contributed by atoms with Gasteiger partial charge in [-0.25, -0.2) is 9.78 Å². The van der Waals surface area contributed by atoms with Crippen molar-refractivity contribution >= 4 is 34.4 Å². The van der Waals surface area contributed by atoms with Crippen LogP contribution >= 0.6 is 11.8 Å². The first kappa shape index (κ1) is 20.4. The van der Waals surface area contributed by atoms with Gasteiger partial charge >= 0.3 is 5.97 Å². The van der Waals surface area contributed by atoms with E-state index >= 15 is 0 Å². The maximum atomic E-state index is 13.3. The van der Waals surface area contributed by atoms with Crippen molar-refractivity contribution in [2.45, 2.75) is 49.1 Å². The molecule has 1 saturated carbocycles. The summed E-state index contributed by atoms with van der Waals surface area (Å²) in [5.74, 6) is 0.324. The Morgan fingerprint density at radius 2 is 2.13 bits per heavy atom. The van der Waals surface area contributed by atoms with Crippen molar-refractivity contribution < 1.29 is 18.7 Å². The van der Waals surface area contributed by atoms with Gasteiger partial charge in [-0.1, -0.05) is 24.6 Å². The molecule has 4 rings (SSSR count). The zero-order chi connectivity index (χ0) is 21.1. The normalized spacial score (nSPS) is 17.1. The smallest absolute Gasteiger partial charge is 0.337 e. The maximum Gasteiger partial charge on any atom is 0.337 e. The first-order valence-electron chi connectivity index (χ1n) is 9.91. The molecule has 1 aromatic carbocycles. The lowest BCUT2D eigenvalue weighted by Crippen LogP contribution is -2.26. The second-order valence-electron chi connectivity index (χ2n) is 7.26. The van der Waals surface area contributed by atoms with Gasteiger partial charge in [-0.15, -0.1) is 0 Å². The highest BCUT2D eigenvalue weighted by Crippen LogP contribution is 2.30. The molecule has 156 valence electrons. The van der Waals surface area contributed by atoms with Crippen LogP contribution in [0, 0.1) is 0 Å². The number of aromatic nitrogens is 2. The molecule has 3 aromatic rings. The number of nitrogens with zero attached hydrogens (tertiary/aromatic N) is 2. The second kappa shape index (κ2) is 8.87. The maximum absolute atomic E-state index is 13.3. The number of hydrogen-bond acceptors (Lipinski definition) is 7. The van der Waals surface area contributed by atoms with E-state index in [1.807, 2.05) is 0 Å². The number of furan rings is 1. The summed E-state index contributed by atoms with van der Waals surface area (Å²) < 4.78 is 11.8. The SMILES string of the molecule is COC(=O)c1ccc2c(=O)n(Cc3ccco3)c(SC3CCCCCC3=O)nc2c1. The van der Waals surface area contributed by atoms with Crippen LogP contribution in [0.1, 0.15) is 48.2 Å². The van der Waals surface area contributed by atoms with Crippen molar-refractivity contribution in [2.24, 2.45) is 0 Å². The summed E-state index contributed by atoms with van der Waals surface area (Å²) in [6, 6.07) is 8.25. The molecule has 30 heavy (non-hydrogen) atoms. The van der Waals surface area contributed by atoms with E-state index in [1.54, 1.807) is 41.2 Å². The molecule has 1 aliphatic rings. The van der Waals surface area contributed by atoms with E-state index in [0.717, 1.165) is 25.7 Å². The second-order valence-corrected chi connectivity index (χ2v) is 8.43. The minimum atomic E-state index is -0.494. The van der Waals surface area contributed by atoms with Crippen LogP contribution in [0.2, 0.25) is 0 Å². The summed E-state index contributed by atoms with van der Waals surface area (Å²) >= 11 is 1.33. The van der Waals surface area contributed by atoms with Crippen molar-refractivity contribution in [1.82, 2.24) is 9.55 Å². The molecule has 0 saturated heterocycles. The van der Waals surface area contributed by atoms with Gasteiger partial charge in [-0.3, -0.25) is 14.2 Å². The largest absolute Gasteiger partial charge is 0.467 e. The molecule has 8 heteroatoms. The molecule has 0 bridgehead atoms. The Morgan fingerprint density at radius 1 is 1.27 bits per heavy atom. The summed E-state index contributed by atoms with van der Waals surface area (Å²) in [7, 11) is 1.31. The van der Waals surface area contributed by atoms with Gasteiger partial charge < -0.3 is 9.15 Å². The van der Waals surface area contributed by atoms with Gasteiger partial charge in [0.2, 0.25) is 0 Å². The number of ether oxygens (including phenoxy) is 1. The van der Waals surface area contributed by atoms with Gasteiger partial charge in [-0.05, 0) is 43.2 Å². The molecule has 2 heterocycles. The standard InChI is InChI=1S/C22H22N2O5S/c1-28-21(27)14-9-10-16-17(12-14)23-22(30-19-8-4-2-3-7-18(19)25)24(20(16)26)13-15-6-5-11-29-15/h5-6,9-12,19H,2-4,7-8,13H2,1H3. The Morgan fingerprint density at radius 3 is 2.90 bits per heavy atom. The summed E-state index contributed by atoms with van der Waals surface area (Å²) in [6.45, 7) is 0.219. The van der Waals surface area contributed by atoms with Crippen LogP contribution in [-0.2, 0) is 16.1 Å². The molecular formula is C22H22N2O5S. The molecule has 0 radical (unpaired) electrons. The van der Waals surface area contributed by atoms with E-state index in [0.29, 0.717) is 33.8 Å². The van der Waals surface area contributed by atoms with Crippen molar-refractivity contribution in [1.29, 1.82) is 0 Å². The van der Waals surface area contributed by atoms with E-state index in [1.165, 1.54) is 18.9 Å². The van der Waals surface area contributed by atoms with E-state index in [2.05, 4.69) is 4.98 Å². The van der Waals surface area contributed by atoms with Gasteiger partial charge in [-0.2, -0.15) is 0 Å². The number of carbonyl (C=O) groups excluding carboxylic acids is 2. The molecule has 1 aliphatic carbocycles. The number of thioether (sulfide) groups is 1. The fourth-order valence-electron chi connectivity index (χ4n) is 3.61. The third kappa shape index (κ3) is 4.18. The van der Waals surface area contributed by atoms with E-state index in [9.17, 15) is 14.4 Å². The molecule has 1 unspecified atom stereocenters. The van der Waals surface area contributed by atoms with Crippen molar-refractivity contribution in [2.75, 3.05) is 7.11 Å². The lowest BCUT2D eigenvalue weighted by atomic mass is 10.1. The Kier molecular flexibility index (Phi) is 6.03. The number of hydrogen-bond donors (Lipinski definition) is 0. The van der Waals surface area contributed by atoms with E-state index < -0.39 is 5.97 Å². The zero-order valence-corrected chi connectivity index (χ0v) is 17.4. The lowest BCUT2D eigenvalue weighted by Gasteiger charge is -2.17. The predicted octanol–water partition coefficient (Wildman–Crippen LogP) is 3.82. The number of ketones is 1. The van der Waals surface area contributed by atoms with Crippen LogP contribution in [0.5, 0.6) is 0 Å². The highest BCUT2D eigenvalue weighted by molar-refractivity contribution is 8.00. The van der Waals surface area contributed by atoms with Crippen LogP contribution in [0.15, 0.2) is 51.0 Å². The average molecular weight is 426 g/mol. The van der Waals surface area contributed by atoms with Gasteiger partial charge in [0.05, 0.1) is 41.6 Å². The van der Waals surface area contributed by atoms with E-state index in [-0.39, 0.29) is 23.1 Å². The average Bonchev–Trinajstić information content (AvgIpc) is 3.19. The van der Waals surface area contributed by atoms with Crippen molar-refractivity contribution in [3.8, 4) is 0 Å². The zero-order valence-electron chi connectivity index (χ0n) is 16.6. The molecule has 0 amide bonds. The van der Waals surface area contributed by atoms with Gasteiger partial charge in [0.25, 0.3) is 5.56 Å². The fraction of sp³-hybridized carbons (Fsp3) is 0.364. The molecule has 0 aliphatic heterocycles. The number of methoxy groups -OCH3 is 1. The number of esters is 1. The van der Waals surface area contributed by atoms with Gasteiger partial charge in [0.15, 0.2) is 5.16 Å². The van der Waals surface area contributed by atoms with Gasteiger partial charge in [0.1, 0.15) is 11.5 Å². The third-order valence-corrected chi connectivity index (χ3v) is 6.54. The third-order valence-electron chi connectivity index (χ3n) is 5.23. The molecule has 0 spiro atoms. The van der Waals surface area contributed by atoms with Crippen LogP contribution in [-0.4, -0.2) is 33.7 Å². The molecule has 1 atom stereocenters. The van der Waals surface area contributed by atoms with Crippen LogP contribution < -0.4 is 5.56 Å². The monoisotopic (exact) mass is 426 g/mol. The number of Topliss-reactive ketones (excluding diaryl/α,β-unsaturated/α-hetero) is 1. The Labute approximate surface area is 177 Å². The van der Waals surface area contributed by atoms with Crippen LogP contribution in [0.25, 0.3) is 10.9 Å². The molecule has 0 N–H and O–H groups in total. The highest BCUT2D eigenvalue weighted by Gasteiger charge is 2.25. The van der Waals surface area contributed by atoms with Crippen LogP contribution in [0.3, 0.4) is 0 Å². The molecule has 1 fully saturated rings. The van der Waals surface area contributed by atoms with Crippen molar-refractivity contribution in [3.63, 3.8) is 0 Å². The highest BCUT2D eigenvalue weighted by atomic mass is 32.2. The first-order valence-corrected chi connectivity index (χ1v) is 10.8. The topological polar surface area (TPSA) is 91.4 Å². The number of rotatable bonds is 5. The summed E-state index contributed by atoms with van der Waals surface area (Å²) in [4.78, 5) is 42.4. The Hall–Kier alpha value is -2.87. The Balaban J connectivity index is 1.81. The number of fused-ring (bicyclic) bond motifs is 1. The summed E-state index contributed by atoms with van der Waals surface area (Å²) in [5, 5.41) is 0.611. The number of benzene rings is 1. The minimum absolute atomic E-state index is 0.194. The van der Waals surface area contributed by atoms with Gasteiger partial charge in [0, 0.05) is 6.42 Å². The first-order chi connectivity index (χ1) is 14.6. The minimum Gasteiger partial charge on any atom is -0.467 e. The Bertz CT molecular complexity index is 1140. The van der Waals surface area contributed by atoms with E-state index in [4.69, 9.17) is 9.15 Å². The molecule has 7 nitrogen and oxygen atoms in total. The summed E-state index contributed by atoms with van der Waals surface area (Å²) in [6.07, 6.45) is 5.80. The molecular weight excluding hydrogens is 404 g/mol. The van der Waals surface area contributed by atoms with Crippen molar-refractivity contribution in [3.05, 3.63) is 58.3 Å². The fourth-order valence-corrected chi connectivity index (χ4v) is 4.83. The number of carbonyl (C=O) groups is 2.